The van der Waals surface area contributed by atoms with Crippen LogP contribution >= 0.6 is 0 Å². The van der Waals surface area contributed by atoms with E-state index in [1.165, 1.54) is 0 Å². The topological polar surface area (TPSA) is 43.0 Å². The molecule has 1 aromatic heterocycles. The van der Waals surface area contributed by atoms with E-state index in [1.54, 1.807) is 4.85 Å². The van der Waals surface area contributed by atoms with Gasteiger partial charge in [0.15, 0.2) is 6.04 Å². The Labute approximate surface area is 129 Å². The maximum Gasteiger partial charge on any atom is 0.219 e. The molecule has 1 aromatic carbocycles. The van der Waals surface area contributed by atoms with E-state index in [1.807, 2.05) is 24.3 Å². The Morgan fingerprint density at radius 2 is 2.23 bits per heavy atom. The van der Waals surface area contributed by atoms with Gasteiger partial charge in [-0.3, -0.25) is 0 Å². The summed E-state index contributed by atoms with van der Waals surface area (Å²) in [6, 6.07) is 8.08. The van der Waals surface area contributed by atoms with Gasteiger partial charge in [0.25, 0.3) is 0 Å². The Balaban J connectivity index is 1.74. The summed E-state index contributed by atoms with van der Waals surface area (Å²) in [5.74, 6) is 0. The lowest BCUT2D eigenvalue weighted by Crippen LogP contribution is -2.52. The molecule has 4 rings (SSSR count). The Morgan fingerprint density at radius 3 is 3.00 bits per heavy atom. The van der Waals surface area contributed by atoms with Gasteiger partial charge in [-0.2, -0.15) is 0 Å². The van der Waals surface area contributed by atoms with Crippen molar-refractivity contribution in [3.05, 3.63) is 48.6 Å². The number of fused-ring (bicyclic) bond motifs is 1. The molecule has 2 heterocycles. The van der Waals surface area contributed by atoms with E-state index in [-0.39, 0.29) is 6.04 Å². The molecule has 2 atom stereocenters. The smallest absolute Gasteiger partial charge is 0.219 e. The highest BCUT2D eigenvalue weighted by Crippen LogP contribution is 2.32. The van der Waals surface area contributed by atoms with E-state index in [0.717, 1.165) is 36.8 Å². The molecule has 1 saturated heterocycles. The fourth-order valence-corrected chi connectivity index (χ4v) is 3.45. The minimum Gasteiger partial charge on any atom is -0.377 e. The standard InChI is InChI=1S/C17H19N4O/c1-20-13-7-10-16(20)17(11-5-2-6-12-17)22-21-15-9-4-3-8-14(15)18-19-21/h2-6,8-9,11,16H,1,7,10,12-13H2/q+1. The molecule has 0 spiro atoms. The molecule has 0 saturated carbocycles. The molecule has 5 heteroatoms. The first-order valence-corrected chi connectivity index (χ1v) is 7.70. The van der Waals surface area contributed by atoms with Gasteiger partial charge in [-0.25, -0.2) is 4.58 Å². The number of aromatic nitrogens is 3. The lowest BCUT2D eigenvalue weighted by Gasteiger charge is -2.33. The van der Waals surface area contributed by atoms with Gasteiger partial charge in [-0.15, -0.1) is 5.10 Å². The van der Waals surface area contributed by atoms with Crippen molar-refractivity contribution in [1.29, 1.82) is 0 Å². The van der Waals surface area contributed by atoms with Crippen LogP contribution in [0.3, 0.4) is 0 Å². The van der Waals surface area contributed by atoms with Crippen LogP contribution in [0.1, 0.15) is 19.3 Å². The zero-order valence-corrected chi connectivity index (χ0v) is 12.4. The normalized spacial score (nSPS) is 27.6. The van der Waals surface area contributed by atoms with Crippen LogP contribution in [-0.2, 0) is 0 Å². The Morgan fingerprint density at radius 1 is 1.32 bits per heavy atom. The summed E-state index contributed by atoms with van der Waals surface area (Å²) >= 11 is 0. The molecular formula is C17H19N4O+. The zero-order chi connectivity index (χ0) is 15.0. The highest BCUT2D eigenvalue weighted by atomic mass is 16.7. The molecule has 0 N–H and O–H groups in total. The molecule has 1 aliphatic heterocycles. The van der Waals surface area contributed by atoms with Crippen LogP contribution in [-0.4, -0.2) is 44.6 Å². The Bertz CT molecular complexity index is 776. The first-order chi connectivity index (χ1) is 10.8. The zero-order valence-electron chi connectivity index (χ0n) is 12.4. The van der Waals surface area contributed by atoms with Gasteiger partial charge in [0.1, 0.15) is 24.3 Å². The van der Waals surface area contributed by atoms with Gasteiger partial charge in [0.05, 0.1) is 0 Å². The lowest BCUT2D eigenvalue weighted by molar-refractivity contribution is -0.554. The van der Waals surface area contributed by atoms with Gasteiger partial charge in [-0.05, 0) is 23.4 Å². The number of allylic oxidation sites excluding steroid dienone is 2. The summed E-state index contributed by atoms with van der Waals surface area (Å²) in [5, 5.41) is 8.36. The van der Waals surface area contributed by atoms with E-state index in [0.29, 0.717) is 0 Å². The minimum atomic E-state index is -0.441. The molecule has 1 fully saturated rings. The second-order valence-electron chi connectivity index (χ2n) is 5.96. The highest BCUT2D eigenvalue weighted by molar-refractivity contribution is 5.73. The van der Waals surface area contributed by atoms with Crippen LogP contribution in [0.25, 0.3) is 11.0 Å². The van der Waals surface area contributed by atoms with Crippen molar-refractivity contribution < 1.29 is 9.41 Å². The van der Waals surface area contributed by atoms with Crippen molar-refractivity contribution >= 4 is 17.8 Å². The van der Waals surface area contributed by atoms with Gasteiger partial charge >= 0.3 is 0 Å². The predicted octanol–water partition coefficient (Wildman–Crippen LogP) is 1.99. The quantitative estimate of drug-likeness (QED) is 0.813. The number of rotatable bonds is 3. The second kappa shape index (κ2) is 5.09. The van der Waals surface area contributed by atoms with Gasteiger partial charge in [0, 0.05) is 19.3 Å². The van der Waals surface area contributed by atoms with Crippen molar-refractivity contribution in [3.63, 3.8) is 0 Å². The molecule has 2 aromatic rings. The first kappa shape index (κ1) is 13.2. The van der Waals surface area contributed by atoms with Crippen LogP contribution in [0.5, 0.6) is 0 Å². The van der Waals surface area contributed by atoms with Crippen LogP contribution in [0.2, 0.25) is 0 Å². The van der Waals surface area contributed by atoms with Crippen molar-refractivity contribution in [3.8, 4) is 0 Å². The number of nitrogens with zero attached hydrogens (tertiary/aromatic N) is 4. The van der Waals surface area contributed by atoms with E-state index in [4.69, 9.17) is 4.84 Å². The summed E-state index contributed by atoms with van der Waals surface area (Å²) in [6.07, 6.45) is 11.4. The summed E-state index contributed by atoms with van der Waals surface area (Å²) in [5.41, 5.74) is 1.29. The van der Waals surface area contributed by atoms with Gasteiger partial charge in [-0.1, -0.05) is 35.2 Å². The van der Waals surface area contributed by atoms with Crippen molar-refractivity contribution in [2.75, 3.05) is 6.54 Å². The predicted molar refractivity (Wildman–Crippen MR) is 85.0 cm³/mol. The SMILES string of the molecule is C=[N+]1CCCC1C1(On2nnc3ccccc32)C=CC=CC1. The Hall–Kier alpha value is -2.43. The summed E-state index contributed by atoms with van der Waals surface area (Å²) < 4.78 is 2.14. The van der Waals surface area contributed by atoms with E-state index >= 15 is 0 Å². The maximum atomic E-state index is 6.37. The van der Waals surface area contributed by atoms with E-state index in [9.17, 15) is 0 Å². The van der Waals surface area contributed by atoms with Crippen molar-refractivity contribution in [2.45, 2.75) is 30.9 Å². The fraction of sp³-hybridized carbons (Fsp3) is 0.353. The molecule has 5 nitrogen and oxygen atoms in total. The van der Waals surface area contributed by atoms with Crippen molar-refractivity contribution in [2.24, 2.45) is 0 Å². The average molecular weight is 295 g/mol. The van der Waals surface area contributed by atoms with Gasteiger partial charge < -0.3 is 4.84 Å². The molecule has 0 amide bonds. The largest absolute Gasteiger partial charge is 0.377 e. The molecular weight excluding hydrogens is 276 g/mol. The summed E-state index contributed by atoms with van der Waals surface area (Å²) in [7, 11) is 0. The van der Waals surface area contributed by atoms with E-state index in [2.05, 4.69) is 45.9 Å². The molecule has 2 aliphatic rings. The van der Waals surface area contributed by atoms with Crippen LogP contribution in [0.15, 0.2) is 48.6 Å². The third-order valence-corrected chi connectivity index (χ3v) is 4.57. The van der Waals surface area contributed by atoms with Crippen LogP contribution < -0.4 is 4.84 Å². The molecule has 2 unspecified atom stereocenters. The monoisotopic (exact) mass is 295 g/mol. The number of hydrogen-bond donors (Lipinski definition) is 0. The molecule has 22 heavy (non-hydrogen) atoms. The maximum absolute atomic E-state index is 6.37. The minimum absolute atomic E-state index is 0.247. The molecule has 0 radical (unpaired) electrons. The third-order valence-electron chi connectivity index (χ3n) is 4.57. The number of benzene rings is 1. The first-order valence-electron chi connectivity index (χ1n) is 7.70. The lowest BCUT2D eigenvalue weighted by atomic mass is 9.86. The fourth-order valence-electron chi connectivity index (χ4n) is 3.45. The van der Waals surface area contributed by atoms with Gasteiger partial charge in [0.2, 0.25) is 5.60 Å². The van der Waals surface area contributed by atoms with Crippen molar-refractivity contribution in [1.82, 2.24) is 15.2 Å². The molecule has 1 aliphatic carbocycles. The third kappa shape index (κ3) is 2.04. The second-order valence-corrected chi connectivity index (χ2v) is 5.96. The summed E-state index contributed by atoms with van der Waals surface area (Å²) in [6.45, 7) is 5.19. The molecule has 0 bridgehead atoms. The number of para-hydroxylation sites is 1. The van der Waals surface area contributed by atoms with Crippen LogP contribution in [0, 0.1) is 0 Å². The summed E-state index contributed by atoms with van der Waals surface area (Å²) in [4.78, 5) is 7.93. The highest BCUT2D eigenvalue weighted by Gasteiger charge is 2.49. The molecule has 112 valence electrons. The Kier molecular flexibility index (Phi) is 3.06. The van der Waals surface area contributed by atoms with E-state index < -0.39 is 5.60 Å². The van der Waals surface area contributed by atoms with Crippen LogP contribution in [0.4, 0.5) is 0 Å². The number of hydrogen-bond acceptors (Lipinski definition) is 3. The average Bonchev–Trinajstić information content (AvgIpc) is 3.16.